The van der Waals surface area contributed by atoms with Crippen molar-refractivity contribution in [2.45, 2.75) is 38.0 Å². The van der Waals surface area contributed by atoms with Gasteiger partial charge in [0.1, 0.15) is 0 Å². The summed E-state index contributed by atoms with van der Waals surface area (Å²) in [6, 6.07) is 12.6. The van der Waals surface area contributed by atoms with Crippen molar-refractivity contribution in [1.29, 1.82) is 0 Å². The Balaban J connectivity index is 1.94. The van der Waals surface area contributed by atoms with Crippen LogP contribution in [-0.4, -0.2) is 29.2 Å². The molecule has 142 valence electrons. The molecule has 5 heteroatoms. The van der Waals surface area contributed by atoms with E-state index in [9.17, 15) is 18.3 Å². The van der Waals surface area contributed by atoms with Crippen molar-refractivity contribution in [3.8, 4) is 11.8 Å². The number of likely N-dealkylation sites (tertiary alicyclic amines) is 1. The fourth-order valence-electron chi connectivity index (χ4n) is 3.39. The Morgan fingerprint density at radius 3 is 2.37 bits per heavy atom. The van der Waals surface area contributed by atoms with Crippen molar-refractivity contribution < 1.29 is 18.3 Å². The predicted molar refractivity (Wildman–Crippen MR) is 99.1 cm³/mol. The highest BCUT2D eigenvalue weighted by molar-refractivity contribution is 5.40. The minimum atomic E-state index is -4.36. The second-order valence-corrected chi connectivity index (χ2v) is 6.87. The summed E-state index contributed by atoms with van der Waals surface area (Å²) in [5, 5.41) is 9.66. The van der Waals surface area contributed by atoms with Crippen LogP contribution in [0.5, 0.6) is 0 Å². The van der Waals surface area contributed by atoms with Crippen molar-refractivity contribution in [1.82, 2.24) is 4.90 Å². The zero-order valence-electron chi connectivity index (χ0n) is 15.1. The van der Waals surface area contributed by atoms with Crippen LogP contribution in [0.3, 0.4) is 0 Å². The first-order chi connectivity index (χ1) is 12.9. The molecule has 0 amide bonds. The fourth-order valence-corrected chi connectivity index (χ4v) is 3.39. The molecule has 1 heterocycles. The molecule has 0 unspecified atom stereocenters. The van der Waals surface area contributed by atoms with Gasteiger partial charge in [-0.3, -0.25) is 4.90 Å². The lowest BCUT2D eigenvalue weighted by molar-refractivity contribution is -0.137. The van der Waals surface area contributed by atoms with Crippen molar-refractivity contribution in [2.24, 2.45) is 0 Å². The van der Waals surface area contributed by atoms with Crippen LogP contribution in [0.1, 0.15) is 41.1 Å². The number of aliphatic hydroxyl groups excluding tert-OH is 1. The molecule has 0 spiro atoms. The van der Waals surface area contributed by atoms with Gasteiger partial charge in [0.15, 0.2) is 0 Å². The van der Waals surface area contributed by atoms with Crippen LogP contribution in [0.2, 0.25) is 0 Å². The van der Waals surface area contributed by atoms with Gasteiger partial charge in [-0.15, -0.1) is 0 Å². The largest absolute Gasteiger partial charge is 0.416 e. The van der Waals surface area contributed by atoms with Crippen LogP contribution < -0.4 is 0 Å². The summed E-state index contributed by atoms with van der Waals surface area (Å²) in [6.07, 6.45) is -2.56. The summed E-state index contributed by atoms with van der Waals surface area (Å²) in [5.41, 5.74) is 2.04. The Kier molecular flexibility index (Phi) is 5.88. The van der Waals surface area contributed by atoms with E-state index in [0.717, 1.165) is 42.6 Å². The van der Waals surface area contributed by atoms with E-state index in [1.165, 1.54) is 12.1 Å². The van der Waals surface area contributed by atoms with Gasteiger partial charge in [-0.05, 0) is 49.6 Å². The first kappa shape index (κ1) is 19.5. The number of aryl methyl sites for hydroxylation is 1. The summed E-state index contributed by atoms with van der Waals surface area (Å²) >= 11 is 0. The molecule has 0 radical (unpaired) electrons. The van der Waals surface area contributed by atoms with E-state index in [2.05, 4.69) is 16.7 Å². The Morgan fingerprint density at radius 2 is 1.78 bits per heavy atom. The normalized spacial score (nSPS) is 18.8. The Morgan fingerprint density at radius 1 is 1.11 bits per heavy atom. The van der Waals surface area contributed by atoms with E-state index in [1.807, 2.05) is 31.2 Å². The van der Waals surface area contributed by atoms with Gasteiger partial charge in [-0.1, -0.05) is 41.7 Å². The molecule has 1 fully saturated rings. The third-order valence-electron chi connectivity index (χ3n) is 4.92. The molecule has 0 aliphatic carbocycles. The first-order valence-corrected chi connectivity index (χ1v) is 9.00. The lowest BCUT2D eigenvalue weighted by Gasteiger charge is -2.29. The van der Waals surface area contributed by atoms with E-state index in [4.69, 9.17) is 0 Å². The number of aliphatic hydroxyl groups is 1. The van der Waals surface area contributed by atoms with E-state index >= 15 is 0 Å². The van der Waals surface area contributed by atoms with Gasteiger partial charge in [0.05, 0.1) is 18.2 Å². The highest BCUT2D eigenvalue weighted by atomic mass is 19.4. The third-order valence-corrected chi connectivity index (χ3v) is 4.92. The molecule has 0 bridgehead atoms. The quantitative estimate of drug-likeness (QED) is 0.797. The lowest BCUT2D eigenvalue weighted by Crippen LogP contribution is -2.35. The number of benzene rings is 2. The molecule has 1 aliphatic heterocycles. The van der Waals surface area contributed by atoms with E-state index < -0.39 is 11.7 Å². The molecular formula is C22H22F3NO. The van der Waals surface area contributed by atoms with Gasteiger partial charge in [0.2, 0.25) is 0 Å². The predicted octanol–water partition coefficient (Wildman–Crippen LogP) is 4.56. The standard InChI is InChI=1S/C22H22F3NO/c1-16-4-6-17(7-5-16)8-13-21(26-14-2-3-20(26)15-27)18-9-11-19(12-10-18)22(23,24)25/h4-7,9-12,20-21,27H,2-3,14-15H2,1H3/t20-,21+/m0/s1. The minimum absolute atomic E-state index is 0.0172. The molecule has 1 N–H and O–H groups in total. The fraction of sp³-hybridized carbons (Fsp3) is 0.364. The van der Waals surface area contributed by atoms with Crippen LogP contribution in [0.15, 0.2) is 48.5 Å². The topological polar surface area (TPSA) is 23.5 Å². The van der Waals surface area contributed by atoms with Gasteiger partial charge in [0, 0.05) is 18.2 Å². The van der Waals surface area contributed by atoms with Gasteiger partial charge in [0.25, 0.3) is 0 Å². The Hall–Kier alpha value is -2.29. The maximum absolute atomic E-state index is 12.9. The van der Waals surface area contributed by atoms with E-state index in [0.29, 0.717) is 5.56 Å². The molecule has 27 heavy (non-hydrogen) atoms. The molecule has 2 aromatic rings. The second-order valence-electron chi connectivity index (χ2n) is 6.87. The van der Waals surface area contributed by atoms with Crippen molar-refractivity contribution in [2.75, 3.05) is 13.2 Å². The summed E-state index contributed by atoms with van der Waals surface area (Å²) in [6.45, 7) is 2.78. The number of halogens is 3. The molecule has 2 aromatic carbocycles. The van der Waals surface area contributed by atoms with Gasteiger partial charge >= 0.3 is 6.18 Å². The average molecular weight is 373 g/mol. The number of nitrogens with zero attached hydrogens (tertiary/aromatic N) is 1. The maximum Gasteiger partial charge on any atom is 0.416 e. The van der Waals surface area contributed by atoms with Crippen molar-refractivity contribution >= 4 is 0 Å². The van der Waals surface area contributed by atoms with E-state index in [-0.39, 0.29) is 18.7 Å². The van der Waals surface area contributed by atoms with Gasteiger partial charge < -0.3 is 5.11 Å². The van der Waals surface area contributed by atoms with Crippen LogP contribution in [0.25, 0.3) is 0 Å². The molecule has 2 atom stereocenters. The van der Waals surface area contributed by atoms with Crippen LogP contribution in [0.4, 0.5) is 13.2 Å². The monoisotopic (exact) mass is 373 g/mol. The lowest BCUT2D eigenvalue weighted by atomic mass is 10.0. The number of hydrogen-bond donors (Lipinski definition) is 1. The van der Waals surface area contributed by atoms with Gasteiger partial charge in [-0.25, -0.2) is 0 Å². The summed E-state index contributed by atoms with van der Waals surface area (Å²) in [5.74, 6) is 6.36. The molecular weight excluding hydrogens is 351 g/mol. The second kappa shape index (κ2) is 8.16. The SMILES string of the molecule is Cc1ccc(C#C[C@H](c2ccc(C(F)(F)F)cc2)N2CCC[C@H]2CO)cc1. The highest BCUT2D eigenvalue weighted by Crippen LogP contribution is 2.33. The number of rotatable bonds is 3. The zero-order chi connectivity index (χ0) is 19.4. The smallest absolute Gasteiger partial charge is 0.395 e. The number of hydrogen-bond acceptors (Lipinski definition) is 2. The maximum atomic E-state index is 12.9. The van der Waals surface area contributed by atoms with E-state index in [1.54, 1.807) is 0 Å². The molecule has 1 saturated heterocycles. The minimum Gasteiger partial charge on any atom is -0.395 e. The number of alkyl halides is 3. The Bertz CT molecular complexity index is 816. The van der Waals surface area contributed by atoms with Crippen LogP contribution >= 0.6 is 0 Å². The molecule has 2 nitrogen and oxygen atoms in total. The average Bonchev–Trinajstić information content (AvgIpc) is 3.11. The molecule has 0 aromatic heterocycles. The van der Waals surface area contributed by atoms with Crippen LogP contribution in [-0.2, 0) is 6.18 Å². The van der Waals surface area contributed by atoms with Crippen molar-refractivity contribution in [3.63, 3.8) is 0 Å². The molecule has 0 saturated carbocycles. The Labute approximate surface area is 157 Å². The third kappa shape index (κ3) is 4.71. The summed E-state index contributed by atoms with van der Waals surface area (Å²) < 4.78 is 38.6. The molecule has 1 aliphatic rings. The zero-order valence-corrected chi connectivity index (χ0v) is 15.1. The van der Waals surface area contributed by atoms with Gasteiger partial charge in [-0.2, -0.15) is 13.2 Å². The molecule has 3 rings (SSSR count). The highest BCUT2D eigenvalue weighted by Gasteiger charge is 2.32. The van der Waals surface area contributed by atoms with Crippen LogP contribution in [0, 0.1) is 18.8 Å². The summed E-state index contributed by atoms with van der Waals surface area (Å²) in [7, 11) is 0. The van der Waals surface area contributed by atoms with Crippen molar-refractivity contribution in [3.05, 3.63) is 70.8 Å². The summed E-state index contributed by atoms with van der Waals surface area (Å²) in [4.78, 5) is 2.09. The first-order valence-electron chi connectivity index (χ1n) is 9.00.